The van der Waals surface area contributed by atoms with Crippen molar-refractivity contribution >= 4 is 0 Å². The van der Waals surface area contributed by atoms with Crippen LogP contribution in [0.25, 0.3) is 0 Å². The minimum absolute atomic E-state index is 0.488. The Balaban J connectivity index is 2.18. The number of hydrogen-bond acceptors (Lipinski definition) is 1. The fourth-order valence-electron chi connectivity index (χ4n) is 2.78. The zero-order valence-electron chi connectivity index (χ0n) is 9.25. The highest BCUT2D eigenvalue weighted by molar-refractivity contribution is 5.28. The van der Waals surface area contributed by atoms with Gasteiger partial charge in [0.05, 0.1) is 12.7 Å². The van der Waals surface area contributed by atoms with Gasteiger partial charge in [-0.05, 0) is 37.7 Å². The Kier molecular flexibility index (Phi) is 2.78. The number of rotatable bonds is 1. The molecule has 0 aromatic heterocycles. The lowest BCUT2D eigenvalue weighted by Gasteiger charge is -2.39. The first kappa shape index (κ1) is 9.97. The lowest BCUT2D eigenvalue weighted by Crippen LogP contribution is -2.36. The third-order valence-electron chi connectivity index (χ3n) is 3.82. The summed E-state index contributed by atoms with van der Waals surface area (Å²) >= 11 is 0. The largest absolute Gasteiger partial charge is 0.373 e. The SMILES string of the molecule is C=CC1=C(C)[C@@H]2CC[C@@H](C)C[C@H]2OC1. The van der Waals surface area contributed by atoms with E-state index < -0.39 is 0 Å². The number of fused-ring (bicyclic) bond motifs is 1. The lowest BCUT2D eigenvalue weighted by atomic mass is 9.75. The molecule has 0 spiro atoms. The summed E-state index contributed by atoms with van der Waals surface area (Å²) < 4.78 is 5.90. The molecule has 78 valence electrons. The van der Waals surface area contributed by atoms with Crippen molar-refractivity contribution in [3.8, 4) is 0 Å². The van der Waals surface area contributed by atoms with Gasteiger partial charge in [0.25, 0.3) is 0 Å². The predicted octanol–water partition coefficient (Wildman–Crippen LogP) is 3.32. The van der Waals surface area contributed by atoms with Gasteiger partial charge in [-0.15, -0.1) is 0 Å². The standard InChI is InChI=1S/C13H20O/c1-4-11-8-14-13-7-9(2)5-6-12(13)10(11)3/h4,9,12-13H,1,5-8H2,2-3H3/t9-,12+,13-/m1/s1. The maximum absolute atomic E-state index is 5.90. The molecular formula is C13H20O. The molecule has 0 amide bonds. The second kappa shape index (κ2) is 3.90. The molecule has 3 atom stereocenters. The monoisotopic (exact) mass is 192 g/mol. The molecule has 0 aromatic rings. The van der Waals surface area contributed by atoms with Crippen LogP contribution in [0.5, 0.6) is 0 Å². The maximum Gasteiger partial charge on any atom is 0.0720 e. The van der Waals surface area contributed by atoms with E-state index in [0.29, 0.717) is 12.0 Å². The Hall–Kier alpha value is -0.560. The van der Waals surface area contributed by atoms with E-state index in [1.807, 2.05) is 6.08 Å². The second-order valence-electron chi connectivity index (χ2n) is 4.79. The Morgan fingerprint density at radius 2 is 2.21 bits per heavy atom. The molecular weight excluding hydrogens is 172 g/mol. The van der Waals surface area contributed by atoms with Gasteiger partial charge >= 0.3 is 0 Å². The number of hydrogen-bond donors (Lipinski definition) is 0. The molecule has 1 saturated carbocycles. The molecule has 14 heavy (non-hydrogen) atoms. The summed E-state index contributed by atoms with van der Waals surface area (Å²) in [5.41, 5.74) is 2.85. The van der Waals surface area contributed by atoms with Gasteiger partial charge in [0.1, 0.15) is 0 Å². The van der Waals surface area contributed by atoms with Crippen LogP contribution >= 0.6 is 0 Å². The Bertz CT molecular complexity index is 264. The van der Waals surface area contributed by atoms with Gasteiger partial charge in [-0.1, -0.05) is 25.2 Å². The van der Waals surface area contributed by atoms with E-state index in [4.69, 9.17) is 4.74 Å². The van der Waals surface area contributed by atoms with E-state index in [1.54, 1.807) is 0 Å². The molecule has 1 heterocycles. The predicted molar refractivity (Wildman–Crippen MR) is 59.1 cm³/mol. The van der Waals surface area contributed by atoms with Gasteiger partial charge in [-0.2, -0.15) is 0 Å². The van der Waals surface area contributed by atoms with Crippen LogP contribution in [0.3, 0.4) is 0 Å². The van der Waals surface area contributed by atoms with E-state index in [0.717, 1.165) is 12.5 Å². The Morgan fingerprint density at radius 1 is 1.43 bits per heavy atom. The van der Waals surface area contributed by atoms with Crippen molar-refractivity contribution in [1.29, 1.82) is 0 Å². The third-order valence-corrected chi connectivity index (χ3v) is 3.82. The summed E-state index contributed by atoms with van der Waals surface area (Å²) in [6, 6.07) is 0. The van der Waals surface area contributed by atoms with Crippen LogP contribution in [0.1, 0.15) is 33.1 Å². The fourth-order valence-corrected chi connectivity index (χ4v) is 2.78. The van der Waals surface area contributed by atoms with E-state index >= 15 is 0 Å². The van der Waals surface area contributed by atoms with Crippen molar-refractivity contribution < 1.29 is 4.74 Å². The number of ether oxygens (including phenoxy) is 1. The lowest BCUT2D eigenvalue weighted by molar-refractivity contribution is -0.0127. The highest BCUT2D eigenvalue weighted by Gasteiger charge is 2.33. The highest BCUT2D eigenvalue weighted by Crippen LogP contribution is 2.39. The molecule has 1 aliphatic carbocycles. The van der Waals surface area contributed by atoms with Gasteiger partial charge in [-0.3, -0.25) is 0 Å². The zero-order valence-corrected chi connectivity index (χ0v) is 9.25. The summed E-state index contributed by atoms with van der Waals surface area (Å²) in [6.07, 6.45) is 6.35. The van der Waals surface area contributed by atoms with Crippen LogP contribution in [-0.2, 0) is 4.74 Å². The molecule has 1 heteroatoms. The first-order chi connectivity index (χ1) is 6.72. The zero-order chi connectivity index (χ0) is 10.1. The topological polar surface area (TPSA) is 9.23 Å². The van der Waals surface area contributed by atoms with Crippen LogP contribution in [0.15, 0.2) is 23.8 Å². The van der Waals surface area contributed by atoms with Gasteiger partial charge < -0.3 is 4.74 Å². The Morgan fingerprint density at radius 3 is 2.93 bits per heavy atom. The van der Waals surface area contributed by atoms with Crippen LogP contribution in [0, 0.1) is 11.8 Å². The minimum Gasteiger partial charge on any atom is -0.373 e. The second-order valence-corrected chi connectivity index (χ2v) is 4.79. The normalized spacial score (nSPS) is 38.0. The van der Waals surface area contributed by atoms with E-state index in [2.05, 4.69) is 20.4 Å². The van der Waals surface area contributed by atoms with Crippen molar-refractivity contribution in [3.05, 3.63) is 23.8 Å². The summed E-state index contributed by atoms with van der Waals surface area (Å²) in [7, 11) is 0. The van der Waals surface area contributed by atoms with Gasteiger partial charge in [0.2, 0.25) is 0 Å². The summed E-state index contributed by atoms with van der Waals surface area (Å²) in [5, 5.41) is 0. The molecule has 0 radical (unpaired) electrons. The van der Waals surface area contributed by atoms with E-state index in [9.17, 15) is 0 Å². The van der Waals surface area contributed by atoms with E-state index in [1.165, 1.54) is 30.4 Å². The average molecular weight is 192 g/mol. The smallest absolute Gasteiger partial charge is 0.0720 e. The third kappa shape index (κ3) is 1.66. The van der Waals surface area contributed by atoms with Crippen molar-refractivity contribution in [2.75, 3.05) is 6.61 Å². The van der Waals surface area contributed by atoms with Crippen LogP contribution in [0.4, 0.5) is 0 Å². The van der Waals surface area contributed by atoms with Crippen molar-refractivity contribution in [2.24, 2.45) is 11.8 Å². The molecule has 1 nitrogen and oxygen atoms in total. The minimum atomic E-state index is 0.488. The molecule has 1 aliphatic heterocycles. The molecule has 1 fully saturated rings. The van der Waals surface area contributed by atoms with Gasteiger partial charge in [0.15, 0.2) is 0 Å². The molecule has 0 N–H and O–H groups in total. The molecule has 2 aliphatic rings. The molecule has 0 unspecified atom stereocenters. The van der Waals surface area contributed by atoms with Crippen molar-refractivity contribution in [3.63, 3.8) is 0 Å². The molecule has 0 aromatic carbocycles. The van der Waals surface area contributed by atoms with Crippen molar-refractivity contribution in [1.82, 2.24) is 0 Å². The molecule has 0 saturated heterocycles. The summed E-state index contributed by atoms with van der Waals surface area (Å²) in [5.74, 6) is 1.52. The van der Waals surface area contributed by atoms with Crippen LogP contribution in [-0.4, -0.2) is 12.7 Å². The Labute approximate surface area is 86.8 Å². The molecule has 2 rings (SSSR count). The van der Waals surface area contributed by atoms with Crippen LogP contribution < -0.4 is 0 Å². The first-order valence-corrected chi connectivity index (χ1v) is 5.66. The highest BCUT2D eigenvalue weighted by atomic mass is 16.5. The van der Waals surface area contributed by atoms with E-state index in [-0.39, 0.29) is 0 Å². The molecule has 0 bridgehead atoms. The van der Waals surface area contributed by atoms with Crippen LogP contribution in [0.2, 0.25) is 0 Å². The average Bonchev–Trinajstić information content (AvgIpc) is 2.18. The summed E-state index contributed by atoms with van der Waals surface area (Å²) in [6.45, 7) is 9.22. The van der Waals surface area contributed by atoms with Crippen molar-refractivity contribution in [2.45, 2.75) is 39.2 Å². The maximum atomic E-state index is 5.90. The summed E-state index contributed by atoms with van der Waals surface area (Å²) in [4.78, 5) is 0. The van der Waals surface area contributed by atoms with Gasteiger partial charge in [-0.25, -0.2) is 0 Å². The van der Waals surface area contributed by atoms with Gasteiger partial charge in [0, 0.05) is 5.92 Å². The first-order valence-electron chi connectivity index (χ1n) is 5.66. The quantitative estimate of drug-likeness (QED) is 0.619. The fraction of sp³-hybridized carbons (Fsp3) is 0.692.